The number of aromatic amines is 1. The van der Waals surface area contributed by atoms with Gasteiger partial charge in [-0.3, -0.25) is 9.59 Å². The fourth-order valence-electron chi connectivity index (χ4n) is 3.23. The highest BCUT2D eigenvalue weighted by atomic mass is 35.5. The molecular formula is C24H26ClN3O2S. The molecule has 162 valence electrons. The van der Waals surface area contributed by atoms with Crippen molar-refractivity contribution in [3.05, 3.63) is 92.4 Å². The highest BCUT2D eigenvalue weighted by Gasteiger charge is 2.15. The van der Waals surface area contributed by atoms with E-state index >= 15 is 0 Å². The molecule has 3 rings (SSSR count). The fraction of sp³-hybridized carbons (Fsp3) is 0.292. The third-order valence-electron chi connectivity index (χ3n) is 4.92. The normalized spacial score (nSPS) is 11.8. The maximum atomic E-state index is 12.5. The molecule has 1 atom stereocenters. The standard InChI is InChI=1S/C24H26ClN3O2S/c1-16(11-12-18-7-4-3-5-8-18)26-22(29)14-21-17(2)27-24(28-23(21)30)31-15-19-9-6-10-20(25)13-19/h3-10,13,16H,11-12,14-15H2,1-2H3,(H,26,29)(H,27,28,30). The maximum Gasteiger partial charge on any atom is 0.255 e. The van der Waals surface area contributed by atoms with E-state index in [1.165, 1.54) is 17.3 Å². The number of nitrogens with zero attached hydrogens (tertiary/aromatic N) is 1. The molecule has 0 fully saturated rings. The summed E-state index contributed by atoms with van der Waals surface area (Å²) in [6, 6.07) is 17.8. The molecule has 0 aliphatic carbocycles. The molecule has 5 nitrogen and oxygen atoms in total. The van der Waals surface area contributed by atoms with Crippen LogP contribution in [0.2, 0.25) is 5.02 Å². The summed E-state index contributed by atoms with van der Waals surface area (Å²) in [5.74, 6) is 0.470. The van der Waals surface area contributed by atoms with E-state index in [4.69, 9.17) is 11.6 Å². The SMILES string of the molecule is Cc1nc(SCc2cccc(Cl)c2)[nH]c(=O)c1CC(=O)NC(C)CCc1ccccc1. The number of thioether (sulfide) groups is 1. The Labute approximate surface area is 191 Å². The van der Waals surface area contributed by atoms with E-state index < -0.39 is 0 Å². The minimum Gasteiger partial charge on any atom is -0.353 e. The monoisotopic (exact) mass is 455 g/mol. The van der Waals surface area contributed by atoms with E-state index in [9.17, 15) is 9.59 Å². The molecule has 7 heteroatoms. The van der Waals surface area contributed by atoms with Crippen LogP contribution in [0.15, 0.2) is 64.5 Å². The summed E-state index contributed by atoms with van der Waals surface area (Å²) in [6.07, 6.45) is 1.74. The van der Waals surface area contributed by atoms with Gasteiger partial charge in [-0.1, -0.05) is 65.8 Å². The van der Waals surface area contributed by atoms with Crippen LogP contribution < -0.4 is 10.9 Å². The van der Waals surface area contributed by atoms with Crippen molar-refractivity contribution in [2.45, 2.75) is 50.1 Å². The van der Waals surface area contributed by atoms with Gasteiger partial charge in [0.2, 0.25) is 5.91 Å². The number of hydrogen-bond acceptors (Lipinski definition) is 4. The van der Waals surface area contributed by atoms with E-state index in [1.54, 1.807) is 6.92 Å². The van der Waals surface area contributed by atoms with Crippen molar-refractivity contribution >= 4 is 29.3 Å². The minimum absolute atomic E-state index is 0.0169. The summed E-state index contributed by atoms with van der Waals surface area (Å²) in [7, 11) is 0. The van der Waals surface area contributed by atoms with E-state index in [0.29, 0.717) is 27.2 Å². The van der Waals surface area contributed by atoms with E-state index in [1.807, 2.05) is 49.4 Å². The van der Waals surface area contributed by atoms with Gasteiger partial charge in [-0.05, 0) is 49.9 Å². The van der Waals surface area contributed by atoms with Crippen LogP contribution in [0.1, 0.15) is 35.7 Å². The predicted molar refractivity (Wildman–Crippen MR) is 127 cm³/mol. The van der Waals surface area contributed by atoms with Gasteiger partial charge in [-0.15, -0.1) is 0 Å². The van der Waals surface area contributed by atoms with Gasteiger partial charge >= 0.3 is 0 Å². The molecule has 2 N–H and O–H groups in total. The van der Waals surface area contributed by atoms with Crippen LogP contribution in [-0.2, 0) is 23.4 Å². The molecule has 0 aliphatic heterocycles. The first-order valence-electron chi connectivity index (χ1n) is 10.2. The van der Waals surface area contributed by atoms with Gasteiger partial charge in [0.15, 0.2) is 5.16 Å². The second kappa shape index (κ2) is 11.2. The van der Waals surface area contributed by atoms with Gasteiger partial charge in [0.25, 0.3) is 5.56 Å². The van der Waals surface area contributed by atoms with E-state index in [0.717, 1.165) is 18.4 Å². The smallest absolute Gasteiger partial charge is 0.255 e. The first kappa shape index (κ1) is 23.1. The molecular weight excluding hydrogens is 430 g/mol. The zero-order valence-electron chi connectivity index (χ0n) is 17.7. The zero-order chi connectivity index (χ0) is 22.2. The fourth-order valence-corrected chi connectivity index (χ4v) is 4.29. The largest absolute Gasteiger partial charge is 0.353 e. The lowest BCUT2D eigenvalue weighted by Gasteiger charge is -2.14. The van der Waals surface area contributed by atoms with Crippen LogP contribution in [0.4, 0.5) is 0 Å². The molecule has 1 heterocycles. The van der Waals surface area contributed by atoms with Crippen LogP contribution in [0, 0.1) is 6.92 Å². The van der Waals surface area contributed by atoms with Gasteiger partial charge in [0, 0.05) is 28.1 Å². The number of aryl methyl sites for hydroxylation is 2. The molecule has 2 aromatic carbocycles. The zero-order valence-corrected chi connectivity index (χ0v) is 19.2. The number of halogens is 1. The number of H-pyrrole nitrogens is 1. The first-order chi connectivity index (χ1) is 14.9. The number of rotatable bonds is 9. The molecule has 1 amide bonds. The summed E-state index contributed by atoms with van der Waals surface area (Å²) in [4.78, 5) is 32.3. The maximum absolute atomic E-state index is 12.5. The van der Waals surface area contributed by atoms with Crippen molar-refractivity contribution in [1.29, 1.82) is 0 Å². The van der Waals surface area contributed by atoms with E-state index in [-0.39, 0.29) is 23.9 Å². The van der Waals surface area contributed by atoms with Gasteiger partial charge in [0.05, 0.1) is 6.42 Å². The third kappa shape index (κ3) is 7.26. The van der Waals surface area contributed by atoms with Crippen molar-refractivity contribution in [2.24, 2.45) is 0 Å². The molecule has 0 bridgehead atoms. The molecule has 0 saturated carbocycles. The molecule has 0 radical (unpaired) electrons. The lowest BCUT2D eigenvalue weighted by Crippen LogP contribution is -2.35. The number of carbonyl (C=O) groups is 1. The van der Waals surface area contributed by atoms with E-state index in [2.05, 4.69) is 27.4 Å². The van der Waals surface area contributed by atoms with Crippen LogP contribution in [0.25, 0.3) is 0 Å². The summed E-state index contributed by atoms with van der Waals surface area (Å²) < 4.78 is 0. The van der Waals surface area contributed by atoms with Crippen LogP contribution in [0.3, 0.4) is 0 Å². The summed E-state index contributed by atoms with van der Waals surface area (Å²) >= 11 is 7.44. The summed E-state index contributed by atoms with van der Waals surface area (Å²) in [5, 5.41) is 4.19. The number of nitrogens with one attached hydrogen (secondary N) is 2. The van der Waals surface area contributed by atoms with Crippen molar-refractivity contribution in [3.8, 4) is 0 Å². The molecule has 3 aromatic rings. The Hall–Kier alpha value is -2.57. The summed E-state index contributed by atoms with van der Waals surface area (Å²) in [5.41, 5.74) is 2.99. The second-order valence-corrected chi connectivity index (χ2v) is 8.92. The topological polar surface area (TPSA) is 74.8 Å². The molecule has 1 aromatic heterocycles. The minimum atomic E-state index is -0.270. The molecule has 0 saturated heterocycles. The first-order valence-corrected chi connectivity index (χ1v) is 11.6. The van der Waals surface area contributed by atoms with Gasteiger partial charge in [0.1, 0.15) is 0 Å². The predicted octanol–water partition coefficient (Wildman–Crippen LogP) is 4.70. The average molecular weight is 456 g/mol. The number of amides is 1. The van der Waals surface area contributed by atoms with Crippen LogP contribution in [0.5, 0.6) is 0 Å². The van der Waals surface area contributed by atoms with Crippen LogP contribution >= 0.6 is 23.4 Å². The lowest BCUT2D eigenvalue weighted by molar-refractivity contribution is -0.121. The molecule has 0 aliphatic rings. The lowest BCUT2D eigenvalue weighted by atomic mass is 10.1. The van der Waals surface area contributed by atoms with Crippen molar-refractivity contribution < 1.29 is 4.79 Å². The van der Waals surface area contributed by atoms with Crippen molar-refractivity contribution in [1.82, 2.24) is 15.3 Å². The highest BCUT2D eigenvalue weighted by molar-refractivity contribution is 7.98. The Morgan fingerprint density at radius 3 is 2.61 bits per heavy atom. The molecule has 31 heavy (non-hydrogen) atoms. The van der Waals surface area contributed by atoms with Crippen molar-refractivity contribution in [3.63, 3.8) is 0 Å². The average Bonchev–Trinajstić information content (AvgIpc) is 2.74. The molecule has 1 unspecified atom stereocenters. The Kier molecular flexibility index (Phi) is 8.32. The summed E-state index contributed by atoms with van der Waals surface area (Å²) in [6.45, 7) is 3.74. The number of carbonyl (C=O) groups excluding carboxylic acids is 1. The highest BCUT2D eigenvalue weighted by Crippen LogP contribution is 2.21. The van der Waals surface area contributed by atoms with Crippen LogP contribution in [-0.4, -0.2) is 21.9 Å². The quantitative estimate of drug-likeness (QED) is 0.362. The van der Waals surface area contributed by atoms with Gasteiger partial charge < -0.3 is 10.3 Å². The van der Waals surface area contributed by atoms with Gasteiger partial charge in [-0.25, -0.2) is 4.98 Å². The number of hydrogen-bond donors (Lipinski definition) is 2. The molecule has 0 spiro atoms. The Bertz CT molecular complexity index is 1090. The van der Waals surface area contributed by atoms with Gasteiger partial charge in [-0.2, -0.15) is 0 Å². The second-order valence-electron chi connectivity index (χ2n) is 7.52. The third-order valence-corrected chi connectivity index (χ3v) is 6.10. The Morgan fingerprint density at radius 2 is 1.90 bits per heavy atom. The number of aromatic nitrogens is 2. The Morgan fingerprint density at radius 1 is 1.16 bits per heavy atom. The number of benzene rings is 2. The Balaban J connectivity index is 1.54. The van der Waals surface area contributed by atoms with Crippen molar-refractivity contribution in [2.75, 3.05) is 0 Å².